The van der Waals surface area contributed by atoms with Crippen molar-refractivity contribution in [3.63, 3.8) is 0 Å². The van der Waals surface area contributed by atoms with Gasteiger partial charge in [0.2, 0.25) is 0 Å². The topological polar surface area (TPSA) is 0 Å². The Hall–Kier alpha value is -0.0400. The van der Waals surface area contributed by atoms with Gasteiger partial charge in [-0.2, -0.15) is 0 Å². The van der Waals surface area contributed by atoms with E-state index in [2.05, 4.69) is 25.6 Å². The van der Waals surface area contributed by atoms with Crippen LogP contribution in [0.15, 0.2) is 11.5 Å². The molecule has 0 aliphatic heterocycles. The van der Waals surface area contributed by atoms with Crippen LogP contribution in [0.2, 0.25) is 0 Å². The molecule has 0 saturated carbocycles. The fraction of sp³-hybridized carbons (Fsp3) is 0.750. The maximum absolute atomic E-state index is 4.65. The van der Waals surface area contributed by atoms with E-state index in [1.165, 1.54) is 32.1 Å². The Labute approximate surface area is 63.8 Å². The van der Waals surface area contributed by atoms with Crippen molar-refractivity contribution in [2.24, 2.45) is 0 Å². The molecule has 0 fully saturated rings. The van der Waals surface area contributed by atoms with Gasteiger partial charge in [-0.05, 0) is 18.2 Å². The normalized spacial score (nSPS) is 10.8. The van der Waals surface area contributed by atoms with E-state index in [0.717, 1.165) is 0 Å². The van der Waals surface area contributed by atoms with Crippen LogP contribution in [0.5, 0.6) is 0 Å². The van der Waals surface area contributed by atoms with Crippen LogP contribution in [0.1, 0.15) is 39.0 Å². The number of hydrogen-bond donors (Lipinski definition) is 0. The summed E-state index contributed by atoms with van der Waals surface area (Å²) in [6.45, 7) is 2.23. The second-order valence-corrected chi connectivity index (χ2v) is 2.49. The van der Waals surface area contributed by atoms with Gasteiger partial charge >= 0.3 is 0 Å². The molecule has 9 heavy (non-hydrogen) atoms. The maximum atomic E-state index is 4.65. The molecule has 0 heterocycles. The Morgan fingerprint density at radius 3 is 2.56 bits per heavy atom. The van der Waals surface area contributed by atoms with Gasteiger partial charge in [0.1, 0.15) is 0 Å². The minimum atomic E-state index is 1.17. The Kier molecular flexibility index (Phi) is 7.92. The molecule has 0 spiro atoms. The van der Waals surface area contributed by atoms with E-state index in [1.807, 2.05) is 0 Å². The quantitative estimate of drug-likeness (QED) is 0.515. The lowest BCUT2D eigenvalue weighted by Gasteiger charge is -1.92. The zero-order valence-corrected chi connectivity index (χ0v) is 6.91. The summed E-state index contributed by atoms with van der Waals surface area (Å²) in [5, 5.41) is 1.71. The molecule has 0 nitrogen and oxygen atoms in total. The van der Waals surface area contributed by atoms with Crippen LogP contribution in [0.4, 0.5) is 0 Å². The highest BCUT2D eigenvalue weighted by molar-refractivity contribution is 7.83. The van der Waals surface area contributed by atoms with Crippen molar-refractivity contribution in [2.45, 2.75) is 39.0 Å². The minimum absolute atomic E-state index is 1.17. The van der Waals surface area contributed by atoms with E-state index in [4.69, 9.17) is 0 Å². The zero-order valence-electron chi connectivity index (χ0n) is 6.10. The van der Waals surface area contributed by atoms with Gasteiger partial charge < -0.3 is 0 Å². The monoisotopic (exact) mass is 143 g/mol. The molecule has 0 atom stereocenters. The van der Waals surface area contributed by atoms with E-state index in [0.29, 0.717) is 0 Å². The maximum Gasteiger partial charge on any atom is -0.00265 e. The second kappa shape index (κ2) is 7.96. The molecule has 0 amide bonds. The Morgan fingerprint density at radius 2 is 2.00 bits per heavy atom. The van der Waals surface area contributed by atoms with Gasteiger partial charge in [-0.25, -0.2) is 0 Å². The first kappa shape index (κ1) is 8.96. The number of rotatable bonds is 5. The highest BCUT2D eigenvalue weighted by Crippen LogP contribution is 2.02. The smallest absolute Gasteiger partial charge is 0.00265 e. The van der Waals surface area contributed by atoms with Gasteiger partial charge in [0.25, 0.3) is 0 Å². The van der Waals surface area contributed by atoms with Gasteiger partial charge in [0, 0.05) is 0 Å². The third-order valence-corrected chi connectivity index (χ3v) is 1.51. The summed E-state index contributed by atoms with van der Waals surface area (Å²) in [6.07, 6.45) is 8.58. The van der Waals surface area contributed by atoms with Crippen molar-refractivity contribution in [3.8, 4) is 0 Å². The Balaban J connectivity index is 2.75. The molecule has 1 radical (unpaired) electrons. The van der Waals surface area contributed by atoms with Crippen molar-refractivity contribution < 1.29 is 0 Å². The highest BCUT2D eigenvalue weighted by atomic mass is 32.1. The SMILES string of the molecule is CCCCCC/C=C/[S]. The van der Waals surface area contributed by atoms with Crippen LogP contribution in [0, 0.1) is 0 Å². The van der Waals surface area contributed by atoms with Gasteiger partial charge in [-0.15, -0.1) is 0 Å². The van der Waals surface area contributed by atoms with Crippen molar-refractivity contribution in [1.29, 1.82) is 0 Å². The number of hydrogen-bond acceptors (Lipinski definition) is 0. The van der Waals surface area contributed by atoms with Gasteiger partial charge in [-0.3, -0.25) is 0 Å². The van der Waals surface area contributed by atoms with E-state index in [1.54, 1.807) is 5.41 Å². The molecule has 0 N–H and O–H groups in total. The van der Waals surface area contributed by atoms with Crippen LogP contribution in [0.3, 0.4) is 0 Å². The fourth-order valence-electron chi connectivity index (χ4n) is 0.757. The van der Waals surface area contributed by atoms with Crippen molar-refractivity contribution in [3.05, 3.63) is 11.5 Å². The Bertz CT molecular complexity index is 67.0. The lowest BCUT2D eigenvalue weighted by Crippen LogP contribution is -1.72. The fourth-order valence-corrected chi connectivity index (χ4v) is 0.893. The van der Waals surface area contributed by atoms with E-state index >= 15 is 0 Å². The molecule has 1 heteroatoms. The number of unbranched alkanes of at least 4 members (excludes halogenated alkanes) is 4. The summed E-state index contributed by atoms with van der Waals surface area (Å²) in [7, 11) is 0. The van der Waals surface area contributed by atoms with Crippen LogP contribution in [0.25, 0.3) is 0 Å². The average molecular weight is 143 g/mol. The molecule has 0 aromatic rings. The third-order valence-electron chi connectivity index (χ3n) is 1.32. The van der Waals surface area contributed by atoms with Gasteiger partial charge in [0.05, 0.1) is 0 Å². The molecule has 0 saturated heterocycles. The molecule has 0 rings (SSSR count). The molecule has 53 valence electrons. The minimum Gasteiger partial charge on any atom is -0.0891 e. The molecule has 0 aliphatic rings. The first-order chi connectivity index (χ1) is 4.41. The van der Waals surface area contributed by atoms with E-state index < -0.39 is 0 Å². The Morgan fingerprint density at radius 1 is 1.22 bits per heavy atom. The first-order valence-electron chi connectivity index (χ1n) is 3.68. The van der Waals surface area contributed by atoms with Gasteiger partial charge in [0.15, 0.2) is 0 Å². The summed E-state index contributed by atoms with van der Waals surface area (Å²) in [4.78, 5) is 0. The molecule has 0 bridgehead atoms. The predicted molar refractivity (Wildman–Crippen MR) is 45.5 cm³/mol. The van der Waals surface area contributed by atoms with E-state index in [-0.39, 0.29) is 0 Å². The summed E-state index contributed by atoms with van der Waals surface area (Å²) < 4.78 is 0. The standard InChI is InChI=1S/C8H15S/c1-2-3-4-5-6-7-8-9/h7-8H,2-6H2,1H3/b8-7+. The average Bonchev–Trinajstić information content (AvgIpc) is 1.89. The van der Waals surface area contributed by atoms with Crippen molar-refractivity contribution >= 4 is 12.6 Å². The molecule has 0 aromatic carbocycles. The molecular formula is C8H15S. The van der Waals surface area contributed by atoms with Crippen molar-refractivity contribution in [2.75, 3.05) is 0 Å². The lowest BCUT2D eigenvalue weighted by atomic mass is 10.2. The van der Waals surface area contributed by atoms with E-state index in [9.17, 15) is 0 Å². The third kappa shape index (κ3) is 7.96. The summed E-state index contributed by atoms with van der Waals surface area (Å²) in [6, 6.07) is 0. The largest absolute Gasteiger partial charge is 0.0891 e. The van der Waals surface area contributed by atoms with Crippen LogP contribution in [-0.2, 0) is 0 Å². The summed E-state index contributed by atoms with van der Waals surface area (Å²) >= 11 is 4.65. The van der Waals surface area contributed by atoms with Crippen molar-refractivity contribution in [1.82, 2.24) is 0 Å². The highest BCUT2D eigenvalue weighted by Gasteiger charge is 1.82. The predicted octanol–water partition coefficient (Wildman–Crippen LogP) is 3.67. The molecular weight excluding hydrogens is 128 g/mol. The zero-order chi connectivity index (χ0) is 6.95. The van der Waals surface area contributed by atoms with Crippen LogP contribution >= 0.6 is 12.6 Å². The van der Waals surface area contributed by atoms with Crippen LogP contribution in [-0.4, -0.2) is 0 Å². The summed E-state index contributed by atoms with van der Waals surface area (Å²) in [5.41, 5.74) is 0. The van der Waals surface area contributed by atoms with Crippen LogP contribution < -0.4 is 0 Å². The lowest BCUT2D eigenvalue weighted by molar-refractivity contribution is 0.675. The summed E-state index contributed by atoms with van der Waals surface area (Å²) in [5.74, 6) is 0. The first-order valence-corrected chi connectivity index (χ1v) is 4.16. The van der Waals surface area contributed by atoms with Gasteiger partial charge in [-0.1, -0.05) is 44.9 Å². The second-order valence-electron chi connectivity index (χ2n) is 2.22. The number of allylic oxidation sites excluding steroid dienone is 1. The molecule has 0 aromatic heterocycles. The molecule has 0 unspecified atom stereocenters. The molecule has 0 aliphatic carbocycles.